The Morgan fingerprint density at radius 1 is 1.06 bits per heavy atom. The first kappa shape index (κ1) is 14.3. The molecule has 0 radical (unpaired) electrons. The van der Waals surface area contributed by atoms with Crippen LogP contribution in [0.15, 0.2) is 0 Å². The Hall–Kier alpha value is -0.120. The summed E-state index contributed by atoms with van der Waals surface area (Å²) in [6.07, 6.45) is 4.99. The fourth-order valence-electron chi connectivity index (χ4n) is 5.05. The molecule has 2 fully saturated rings. The first-order valence-electron chi connectivity index (χ1n) is 7.24. The maximum Gasteiger partial charge on any atom is 0.0932 e. The van der Waals surface area contributed by atoms with Crippen molar-refractivity contribution in [2.75, 3.05) is 13.2 Å². The summed E-state index contributed by atoms with van der Waals surface area (Å²) in [4.78, 5) is 0. The molecule has 106 valence electrons. The van der Waals surface area contributed by atoms with Crippen LogP contribution in [0.5, 0.6) is 0 Å². The van der Waals surface area contributed by atoms with Gasteiger partial charge in [-0.1, -0.05) is 27.2 Å². The van der Waals surface area contributed by atoms with Crippen molar-refractivity contribution in [3.8, 4) is 0 Å². The number of hydrogen-bond donors (Lipinski definition) is 3. The van der Waals surface area contributed by atoms with Gasteiger partial charge in [-0.05, 0) is 42.4 Å². The third kappa shape index (κ3) is 1.91. The first-order chi connectivity index (χ1) is 8.30. The highest BCUT2D eigenvalue weighted by Crippen LogP contribution is 2.61. The summed E-state index contributed by atoms with van der Waals surface area (Å²) >= 11 is 0. The van der Waals surface area contributed by atoms with Gasteiger partial charge in [0.2, 0.25) is 0 Å². The smallest absolute Gasteiger partial charge is 0.0932 e. The van der Waals surface area contributed by atoms with Gasteiger partial charge in [0.15, 0.2) is 0 Å². The molecule has 3 heteroatoms. The van der Waals surface area contributed by atoms with Gasteiger partial charge in [0, 0.05) is 12.5 Å². The van der Waals surface area contributed by atoms with Crippen LogP contribution >= 0.6 is 0 Å². The van der Waals surface area contributed by atoms with Gasteiger partial charge in [-0.25, -0.2) is 0 Å². The van der Waals surface area contributed by atoms with Crippen molar-refractivity contribution < 1.29 is 15.3 Å². The first-order valence-corrected chi connectivity index (χ1v) is 7.24. The van der Waals surface area contributed by atoms with E-state index in [9.17, 15) is 15.3 Å². The van der Waals surface area contributed by atoms with Gasteiger partial charge < -0.3 is 15.3 Å². The second-order valence-corrected chi connectivity index (χ2v) is 7.44. The van der Waals surface area contributed by atoms with Crippen molar-refractivity contribution in [2.45, 2.75) is 58.5 Å². The Labute approximate surface area is 110 Å². The molecule has 2 rings (SSSR count). The van der Waals surface area contributed by atoms with Crippen molar-refractivity contribution in [1.29, 1.82) is 0 Å². The lowest BCUT2D eigenvalue weighted by Crippen LogP contribution is -2.61. The van der Waals surface area contributed by atoms with E-state index in [1.54, 1.807) is 0 Å². The summed E-state index contributed by atoms with van der Waals surface area (Å²) in [5.74, 6) is 0.330. The normalized spacial score (nSPS) is 47.7. The van der Waals surface area contributed by atoms with Gasteiger partial charge in [-0.15, -0.1) is 0 Å². The summed E-state index contributed by atoms with van der Waals surface area (Å²) in [6.45, 7) is 6.57. The van der Waals surface area contributed by atoms with E-state index in [0.717, 1.165) is 19.3 Å². The molecule has 3 nitrogen and oxygen atoms in total. The van der Waals surface area contributed by atoms with Crippen molar-refractivity contribution >= 4 is 0 Å². The molecule has 3 N–H and O–H groups in total. The van der Waals surface area contributed by atoms with Crippen molar-refractivity contribution in [1.82, 2.24) is 0 Å². The Morgan fingerprint density at radius 2 is 1.72 bits per heavy atom. The molecule has 2 aliphatic carbocycles. The number of rotatable bonds is 2. The second kappa shape index (κ2) is 4.46. The molecule has 0 bridgehead atoms. The lowest BCUT2D eigenvalue weighted by Gasteiger charge is -2.61. The summed E-state index contributed by atoms with van der Waals surface area (Å²) in [5, 5.41) is 29.9. The molecule has 0 saturated heterocycles. The zero-order valence-electron chi connectivity index (χ0n) is 11.9. The lowest BCUT2D eigenvalue weighted by atomic mass is 9.45. The van der Waals surface area contributed by atoms with Gasteiger partial charge >= 0.3 is 0 Å². The fourth-order valence-corrected chi connectivity index (χ4v) is 5.05. The van der Waals surface area contributed by atoms with Crippen LogP contribution in [0.1, 0.15) is 52.9 Å². The number of aliphatic hydroxyl groups is 3. The SMILES string of the molecule is CC1(C)CCCC2(C)C1CCC(O)(CO)C2CO. The highest BCUT2D eigenvalue weighted by atomic mass is 16.3. The maximum absolute atomic E-state index is 10.6. The van der Waals surface area contributed by atoms with Crippen molar-refractivity contribution in [3.05, 3.63) is 0 Å². The average Bonchev–Trinajstić information content (AvgIpc) is 2.27. The third-order valence-corrected chi connectivity index (χ3v) is 6.04. The largest absolute Gasteiger partial charge is 0.396 e. The fraction of sp³-hybridized carbons (Fsp3) is 1.00. The molecule has 0 amide bonds. The van der Waals surface area contributed by atoms with Gasteiger partial charge in [-0.3, -0.25) is 0 Å². The van der Waals surface area contributed by atoms with E-state index < -0.39 is 5.60 Å². The zero-order valence-corrected chi connectivity index (χ0v) is 11.9. The Bertz CT molecular complexity index is 315. The van der Waals surface area contributed by atoms with Crippen LogP contribution in [0.25, 0.3) is 0 Å². The average molecular weight is 256 g/mol. The monoisotopic (exact) mass is 256 g/mol. The quantitative estimate of drug-likeness (QED) is 0.707. The van der Waals surface area contributed by atoms with E-state index in [1.165, 1.54) is 6.42 Å². The zero-order chi connectivity index (χ0) is 13.6. The molecule has 0 aromatic rings. The molecular formula is C15H28O3. The standard InChI is InChI=1S/C15H28O3/c1-13(2)6-4-7-14(3)11(13)5-8-15(18,10-17)12(14)9-16/h11-12,16-18H,4-10H2,1-3H3. The van der Waals surface area contributed by atoms with E-state index in [0.29, 0.717) is 12.3 Å². The van der Waals surface area contributed by atoms with Crippen LogP contribution < -0.4 is 0 Å². The van der Waals surface area contributed by atoms with Crippen LogP contribution in [-0.2, 0) is 0 Å². The van der Waals surface area contributed by atoms with Crippen molar-refractivity contribution in [3.63, 3.8) is 0 Å². The number of aliphatic hydroxyl groups excluding tert-OH is 2. The Kier molecular flexibility index (Phi) is 3.54. The minimum Gasteiger partial charge on any atom is -0.396 e. The van der Waals surface area contributed by atoms with Crippen LogP contribution in [-0.4, -0.2) is 34.1 Å². The summed E-state index contributed by atoms with van der Waals surface area (Å²) in [7, 11) is 0. The number of fused-ring (bicyclic) bond motifs is 1. The minimum absolute atomic E-state index is 0.0276. The Morgan fingerprint density at radius 3 is 2.28 bits per heavy atom. The van der Waals surface area contributed by atoms with Crippen LogP contribution in [0.3, 0.4) is 0 Å². The third-order valence-electron chi connectivity index (χ3n) is 6.04. The van der Waals surface area contributed by atoms with Crippen molar-refractivity contribution in [2.24, 2.45) is 22.7 Å². The summed E-state index contributed by atoms with van der Waals surface area (Å²) in [5.41, 5.74) is -0.864. The molecule has 0 aromatic carbocycles. The van der Waals surface area contributed by atoms with Gasteiger partial charge in [0.25, 0.3) is 0 Å². The van der Waals surface area contributed by atoms with Gasteiger partial charge in [-0.2, -0.15) is 0 Å². The predicted octanol–water partition coefficient (Wildman–Crippen LogP) is 1.94. The van der Waals surface area contributed by atoms with E-state index >= 15 is 0 Å². The molecule has 0 aromatic heterocycles. The molecule has 4 atom stereocenters. The predicted molar refractivity (Wildman–Crippen MR) is 71.1 cm³/mol. The molecule has 2 aliphatic rings. The molecule has 4 unspecified atom stereocenters. The molecular weight excluding hydrogens is 228 g/mol. The van der Waals surface area contributed by atoms with E-state index in [2.05, 4.69) is 20.8 Å². The maximum atomic E-state index is 10.6. The lowest BCUT2D eigenvalue weighted by molar-refractivity contribution is -0.199. The van der Waals surface area contributed by atoms with Crippen LogP contribution in [0.4, 0.5) is 0 Å². The topological polar surface area (TPSA) is 60.7 Å². The van der Waals surface area contributed by atoms with Crippen LogP contribution in [0.2, 0.25) is 0 Å². The van der Waals surface area contributed by atoms with E-state index in [4.69, 9.17) is 0 Å². The molecule has 18 heavy (non-hydrogen) atoms. The second-order valence-electron chi connectivity index (χ2n) is 7.44. The molecule has 0 spiro atoms. The molecule has 0 aliphatic heterocycles. The van der Waals surface area contributed by atoms with E-state index in [1.807, 2.05) is 0 Å². The minimum atomic E-state index is -1.09. The number of hydrogen-bond acceptors (Lipinski definition) is 3. The van der Waals surface area contributed by atoms with Gasteiger partial charge in [0.1, 0.15) is 0 Å². The molecule has 2 saturated carbocycles. The van der Waals surface area contributed by atoms with Gasteiger partial charge in [0.05, 0.1) is 12.2 Å². The molecule has 0 heterocycles. The van der Waals surface area contributed by atoms with E-state index in [-0.39, 0.29) is 30.0 Å². The summed E-state index contributed by atoms with van der Waals surface area (Å²) < 4.78 is 0. The van der Waals surface area contributed by atoms with Crippen LogP contribution in [0, 0.1) is 22.7 Å². The summed E-state index contributed by atoms with van der Waals surface area (Å²) in [6, 6.07) is 0. The Balaban J connectivity index is 2.37. The highest BCUT2D eigenvalue weighted by molar-refractivity contribution is 5.08. The highest BCUT2D eigenvalue weighted by Gasteiger charge is 2.58.